The van der Waals surface area contributed by atoms with Crippen LogP contribution < -0.4 is 15.4 Å². The van der Waals surface area contributed by atoms with E-state index in [1.54, 1.807) is 41.3 Å². The summed E-state index contributed by atoms with van der Waals surface area (Å²) in [5.41, 5.74) is 1.65. The molecule has 4 rings (SSSR count). The zero-order chi connectivity index (χ0) is 19.7. The summed E-state index contributed by atoms with van der Waals surface area (Å²) in [6.45, 7) is 4.07. The summed E-state index contributed by atoms with van der Waals surface area (Å²) in [4.78, 5) is 25.3. The first-order valence-corrected chi connectivity index (χ1v) is 8.93. The number of anilines is 2. The lowest BCUT2D eigenvalue weighted by atomic mass is 10.0. The predicted molar refractivity (Wildman–Crippen MR) is 105 cm³/mol. The molecule has 2 aromatic carbocycles. The number of aryl methyl sites for hydroxylation is 1. The van der Waals surface area contributed by atoms with Crippen molar-refractivity contribution >= 4 is 23.2 Å². The number of rotatable bonds is 4. The smallest absolute Gasteiger partial charge is 0.278 e. The van der Waals surface area contributed by atoms with Crippen LogP contribution in [0.2, 0.25) is 0 Å². The molecular weight excluding hydrogens is 356 g/mol. The Bertz CT molecular complexity index is 1060. The van der Waals surface area contributed by atoms with Crippen LogP contribution in [0.25, 0.3) is 0 Å². The van der Waals surface area contributed by atoms with Gasteiger partial charge in [0.05, 0.1) is 24.1 Å². The summed E-state index contributed by atoms with van der Waals surface area (Å²) >= 11 is 0. The Labute approximate surface area is 162 Å². The predicted octanol–water partition coefficient (Wildman–Crippen LogP) is 2.97. The minimum atomic E-state index is -1.67. The van der Waals surface area contributed by atoms with Crippen molar-refractivity contribution in [3.05, 3.63) is 72.1 Å². The minimum absolute atomic E-state index is 0.454. The van der Waals surface area contributed by atoms with Gasteiger partial charge in [-0.1, -0.05) is 42.0 Å². The summed E-state index contributed by atoms with van der Waals surface area (Å²) in [5, 5.41) is 9.72. The highest BCUT2D eigenvalue weighted by Crippen LogP contribution is 2.33. The number of para-hydroxylation sites is 2. The number of hydrogen-bond acceptors (Lipinski definition) is 4. The first-order valence-electron chi connectivity index (χ1n) is 8.93. The van der Waals surface area contributed by atoms with Crippen LogP contribution in [0.15, 0.2) is 60.9 Å². The highest BCUT2D eigenvalue weighted by molar-refractivity contribution is 6.18. The van der Waals surface area contributed by atoms with E-state index in [0.717, 1.165) is 5.56 Å². The lowest BCUT2D eigenvalue weighted by Crippen LogP contribution is -2.56. The third-order valence-corrected chi connectivity index (χ3v) is 4.63. The number of fused-ring (bicyclic) bond motifs is 1. The topological polar surface area (TPSA) is 85.3 Å². The molecule has 1 aliphatic heterocycles. The number of carbonyl (C=O) groups is 2. The van der Waals surface area contributed by atoms with Gasteiger partial charge in [-0.2, -0.15) is 5.10 Å². The van der Waals surface area contributed by atoms with Crippen LogP contribution in [-0.4, -0.2) is 27.2 Å². The second-order valence-electron chi connectivity index (χ2n) is 6.96. The van der Waals surface area contributed by atoms with E-state index in [0.29, 0.717) is 23.7 Å². The van der Waals surface area contributed by atoms with E-state index >= 15 is 0 Å². The Balaban J connectivity index is 1.48. The third kappa shape index (κ3) is 3.34. The highest BCUT2D eigenvalue weighted by atomic mass is 16.5. The van der Waals surface area contributed by atoms with Gasteiger partial charge in [0.1, 0.15) is 5.75 Å². The maximum Gasteiger partial charge on any atom is 0.278 e. The Kier molecular flexibility index (Phi) is 4.35. The average Bonchev–Trinajstić information content (AvgIpc) is 3.09. The van der Waals surface area contributed by atoms with Gasteiger partial charge < -0.3 is 15.4 Å². The molecule has 0 bridgehead atoms. The molecule has 0 fully saturated rings. The Hall–Kier alpha value is -3.61. The minimum Gasteiger partial charge on any atom is -0.466 e. The fraction of sp³-hybridized carbons (Fsp3) is 0.190. The van der Waals surface area contributed by atoms with E-state index in [9.17, 15) is 9.59 Å². The molecule has 2 heterocycles. The number of aromatic nitrogens is 2. The first kappa shape index (κ1) is 17.8. The van der Waals surface area contributed by atoms with Gasteiger partial charge in [-0.05, 0) is 31.5 Å². The second kappa shape index (κ2) is 6.84. The van der Waals surface area contributed by atoms with E-state index in [1.165, 1.54) is 12.5 Å². The van der Waals surface area contributed by atoms with Gasteiger partial charge in [-0.3, -0.25) is 14.3 Å². The number of hydrogen-bond donors (Lipinski definition) is 2. The Morgan fingerprint density at radius 3 is 2.89 bits per heavy atom. The number of amides is 2. The fourth-order valence-corrected chi connectivity index (χ4v) is 3.08. The van der Waals surface area contributed by atoms with Crippen molar-refractivity contribution < 1.29 is 14.3 Å². The molecular formula is C21H20N4O3. The molecule has 1 atom stereocenters. The molecule has 0 spiro atoms. The van der Waals surface area contributed by atoms with Crippen LogP contribution in [-0.2, 0) is 16.1 Å². The molecule has 1 aliphatic rings. The van der Waals surface area contributed by atoms with Crippen molar-refractivity contribution in [1.29, 1.82) is 0 Å². The maximum atomic E-state index is 12.8. The molecule has 28 heavy (non-hydrogen) atoms. The summed E-state index contributed by atoms with van der Waals surface area (Å²) < 4.78 is 7.46. The van der Waals surface area contributed by atoms with Gasteiger partial charge in [0.25, 0.3) is 17.4 Å². The summed E-state index contributed by atoms with van der Waals surface area (Å²) in [6, 6.07) is 15.1. The normalized spacial score (nSPS) is 18.0. The summed E-state index contributed by atoms with van der Waals surface area (Å²) in [6.07, 6.45) is 3.27. The SMILES string of the molecule is Cc1cccc(Cn2cc(NC(=O)C3(C)Oc4ccccc4NC3=O)cn2)c1. The van der Waals surface area contributed by atoms with Gasteiger partial charge in [0, 0.05) is 6.20 Å². The summed E-state index contributed by atoms with van der Waals surface area (Å²) in [5.74, 6) is -0.625. The van der Waals surface area contributed by atoms with Crippen LogP contribution in [0.3, 0.4) is 0 Å². The van der Waals surface area contributed by atoms with E-state index in [1.807, 2.05) is 25.1 Å². The largest absolute Gasteiger partial charge is 0.466 e. The Morgan fingerprint density at radius 1 is 1.25 bits per heavy atom. The highest BCUT2D eigenvalue weighted by Gasteiger charge is 2.47. The van der Waals surface area contributed by atoms with E-state index in [2.05, 4.69) is 21.8 Å². The van der Waals surface area contributed by atoms with E-state index in [4.69, 9.17) is 4.74 Å². The maximum absolute atomic E-state index is 12.8. The van der Waals surface area contributed by atoms with Crippen LogP contribution in [0.1, 0.15) is 18.1 Å². The number of benzene rings is 2. The van der Waals surface area contributed by atoms with Gasteiger partial charge in [0.15, 0.2) is 0 Å². The zero-order valence-corrected chi connectivity index (χ0v) is 15.6. The van der Waals surface area contributed by atoms with Crippen molar-refractivity contribution in [2.45, 2.75) is 26.0 Å². The number of nitrogens with one attached hydrogen (secondary N) is 2. The van der Waals surface area contributed by atoms with Crippen LogP contribution in [0.4, 0.5) is 11.4 Å². The number of ether oxygens (including phenoxy) is 1. The van der Waals surface area contributed by atoms with Crippen LogP contribution in [0.5, 0.6) is 5.75 Å². The van der Waals surface area contributed by atoms with Crippen molar-refractivity contribution in [1.82, 2.24) is 9.78 Å². The Morgan fingerprint density at radius 2 is 2.07 bits per heavy atom. The van der Waals surface area contributed by atoms with Gasteiger partial charge in [-0.15, -0.1) is 0 Å². The lowest BCUT2D eigenvalue weighted by molar-refractivity contribution is -0.143. The van der Waals surface area contributed by atoms with Gasteiger partial charge >= 0.3 is 0 Å². The van der Waals surface area contributed by atoms with Crippen molar-refractivity contribution in [3.8, 4) is 5.75 Å². The van der Waals surface area contributed by atoms with Crippen LogP contribution >= 0.6 is 0 Å². The third-order valence-electron chi connectivity index (χ3n) is 4.63. The average molecular weight is 376 g/mol. The second-order valence-corrected chi connectivity index (χ2v) is 6.96. The van der Waals surface area contributed by atoms with Crippen LogP contribution in [0, 0.1) is 6.92 Å². The standard InChI is InChI=1S/C21H20N4O3/c1-14-6-5-7-15(10-14)12-25-13-16(11-22-25)23-19(26)21(2)20(27)24-17-8-3-4-9-18(17)28-21/h3-11,13H,12H2,1-2H3,(H,23,26)(H,24,27). The molecule has 2 N–H and O–H groups in total. The molecule has 142 valence electrons. The molecule has 3 aromatic rings. The molecule has 0 radical (unpaired) electrons. The monoisotopic (exact) mass is 376 g/mol. The molecule has 1 aromatic heterocycles. The molecule has 1 unspecified atom stereocenters. The van der Waals surface area contributed by atoms with Crippen molar-refractivity contribution in [2.24, 2.45) is 0 Å². The van der Waals surface area contributed by atoms with Gasteiger partial charge in [0.2, 0.25) is 0 Å². The van der Waals surface area contributed by atoms with E-state index < -0.39 is 17.4 Å². The lowest BCUT2D eigenvalue weighted by Gasteiger charge is -2.33. The summed E-state index contributed by atoms with van der Waals surface area (Å²) in [7, 11) is 0. The molecule has 2 amide bonds. The quantitative estimate of drug-likeness (QED) is 0.686. The molecule has 0 aliphatic carbocycles. The molecule has 7 nitrogen and oxygen atoms in total. The number of carbonyl (C=O) groups excluding carboxylic acids is 2. The zero-order valence-electron chi connectivity index (χ0n) is 15.6. The van der Waals surface area contributed by atoms with Gasteiger partial charge in [-0.25, -0.2) is 0 Å². The van der Waals surface area contributed by atoms with Crippen molar-refractivity contribution in [3.63, 3.8) is 0 Å². The first-order chi connectivity index (χ1) is 13.4. The van der Waals surface area contributed by atoms with E-state index in [-0.39, 0.29) is 0 Å². The molecule has 0 saturated heterocycles. The molecule has 0 saturated carbocycles. The number of nitrogens with zero attached hydrogens (tertiary/aromatic N) is 2. The fourth-order valence-electron chi connectivity index (χ4n) is 3.08. The molecule has 7 heteroatoms. The van der Waals surface area contributed by atoms with Crippen molar-refractivity contribution in [2.75, 3.05) is 10.6 Å².